The Labute approximate surface area is 125 Å². The third kappa shape index (κ3) is 3.18. The summed E-state index contributed by atoms with van der Waals surface area (Å²) in [5, 5.41) is 12.5. The standard InChI is InChI=1S/C13H13N7S/c14-16-12-8-4-5-10(15-12)9-21-13-17-18-19-20(13)11-6-2-1-3-7-11/h1-8H,9,14H2,(H,15,16). The number of nitrogens with two attached hydrogens (primary N) is 1. The number of benzene rings is 1. The van der Waals surface area contributed by atoms with Crippen LogP contribution in [0.15, 0.2) is 53.7 Å². The fourth-order valence-electron chi connectivity index (χ4n) is 1.78. The van der Waals surface area contributed by atoms with Crippen molar-refractivity contribution in [1.82, 2.24) is 25.2 Å². The molecular formula is C13H13N7S. The molecule has 0 aliphatic heterocycles. The number of pyridine rings is 1. The van der Waals surface area contributed by atoms with E-state index in [1.165, 1.54) is 11.8 Å². The second-order valence-corrected chi connectivity index (χ2v) is 5.10. The summed E-state index contributed by atoms with van der Waals surface area (Å²) in [5.41, 5.74) is 4.36. The molecule has 2 heterocycles. The molecule has 0 amide bonds. The first-order chi connectivity index (χ1) is 10.4. The Balaban J connectivity index is 1.76. The van der Waals surface area contributed by atoms with Crippen LogP contribution < -0.4 is 11.3 Å². The van der Waals surface area contributed by atoms with Crippen LogP contribution in [0.5, 0.6) is 0 Å². The van der Waals surface area contributed by atoms with Crippen LogP contribution >= 0.6 is 11.8 Å². The number of hydrogen-bond donors (Lipinski definition) is 2. The SMILES string of the molecule is NNc1cccc(CSc2nnnn2-c2ccccc2)n1. The van der Waals surface area contributed by atoms with Crippen molar-refractivity contribution in [1.29, 1.82) is 0 Å². The van der Waals surface area contributed by atoms with E-state index in [1.54, 1.807) is 4.68 Å². The van der Waals surface area contributed by atoms with Crippen LogP contribution in [-0.2, 0) is 5.75 Å². The van der Waals surface area contributed by atoms with E-state index < -0.39 is 0 Å². The first-order valence-electron chi connectivity index (χ1n) is 6.26. The van der Waals surface area contributed by atoms with E-state index in [1.807, 2.05) is 48.5 Å². The average molecular weight is 299 g/mol. The van der Waals surface area contributed by atoms with Crippen LogP contribution in [0.4, 0.5) is 5.82 Å². The zero-order valence-corrected chi connectivity index (χ0v) is 11.9. The van der Waals surface area contributed by atoms with E-state index in [4.69, 9.17) is 5.84 Å². The molecule has 0 aliphatic rings. The molecular weight excluding hydrogens is 286 g/mol. The van der Waals surface area contributed by atoms with Gasteiger partial charge in [-0.25, -0.2) is 10.8 Å². The quantitative estimate of drug-likeness (QED) is 0.420. The molecule has 0 saturated carbocycles. The Bertz CT molecular complexity index is 713. The van der Waals surface area contributed by atoms with Crippen LogP contribution in [0.1, 0.15) is 5.69 Å². The van der Waals surface area contributed by atoms with Crippen molar-refractivity contribution >= 4 is 17.6 Å². The minimum absolute atomic E-state index is 0.635. The molecule has 106 valence electrons. The molecule has 0 spiro atoms. The number of anilines is 1. The zero-order chi connectivity index (χ0) is 14.5. The number of hydrogen-bond acceptors (Lipinski definition) is 7. The summed E-state index contributed by atoms with van der Waals surface area (Å²) in [4.78, 5) is 4.36. The summed E-state index contributed by atoms with van der Waals surface area (Å²) in [7, 11) is 0. The summed E-state index contributed by atoms with van der Waals surface area (Å²) < 4.78 is 1.70. The molecule has 3 rings (SSSR count). The summed E-state index contributed by atoms with van der Waals surface area (Å²) in [6.45, 7) is 0. The van der Waals surface area contributed by atoms with Crippen molar-refractivity contribution in [2.75, 3.05) is 5.43 Å². The van der Waals surface area contributed by atoms with Crippen LogP contribution in [0.25, 0.3) is 5.69 Å². The molecule has 0 fully saturated rings. The van der Waals surface area contributed by atoms with Gasteiger partial charge in [-0.1, -0.05) is 36.0 Å². The number of hydrazine groups is 1. The fraction of sp³-hybridized carbons (Fsp3) is 0.0769. The summed E-state index contributed by atoms with van der Waals surface area (Å²) in [6, 6.07) is 15.4. The smallest absolute Gasteiger partial charge is 0.214 e. The number of nitrogens with zero attached hydrogens (tertiary/aromatic N) is 5. The van der Waals surface area contributed by atoms with Gasteiger partial charge in [0.05, 0.1) is 11.4 Å². The van der Waals surface area contributed by atoms with E-state index in [0.29, 0.717) is 16.7 Å². The Hall–Kier alpha value is -2.45. The predicted octanol–water partition coefficient (Wildman–Crippen LogP) is 1.64. The zero-order valence-electron chi connectivity index (χ0n) is 11.0. The summed E-state index contributed by atoms with van der Waals surface area (Å²) in [6.07, 6.45) is 0. The van der Waals surface area contributed by atoms with E-state index in [-0.39, 0.29) is 0 Å². The lowest BCUT2D eigenvalue weighted by Gasteiger charge is -2.05. The van der Waals surface area contributed by atoms with E-state index >= 15 is 0 Å². The number of aromatic nitrogens is 5. The van der Waals surface area contributed by atoms with Gasteiger partial charge in [-0.15, -0.1) is 5.10 Å². The van der Waals surface area contributed by atoms with Crippen molar-refractivity contribution in [2.24, 2.45) is 5.84 Å². The number of para-hydroxylation sites is 1. The third-order valence-electron chi connectivity index (χ3n) is 2.75. The Morgan fingerprint density at radius 1 is 1.10 bits per heavy atom. The molecule has 21 heavy (non-hydrogen) atoms. The third-order valence-corrected chi connectivity index (χ3v) is 3.70. The minimum Gasteiger partial charge on any atom is -0.308 e. The summed E-state index contributed by atoms with van der Waals surface area (Å²) >= 11 is 1.52. The van der Waals surface area contributed by atoms with Gasteiger partial charge in [0.25, 0.3) is 0 Å². The lowest BCUT2D eigenvalue weighted by Crippen LogP contribution is -2.08. The van der Waals surface area contributed by atoms with Gasteiger partial charge in [0.1, 0.15) is 5.82 Å². The second-order valence-electron chi connectivity index (χ2n) is 4.16. The van der Waals surface area contributed by atoms with Gasteiger partial charge in [0.2, 0.25) is 5.16 Å². The highest BCUT2D eigenvalue weighted by atomic mass is 32.2. The maximum atomic E-state index is 5.35. The highest BCUT2D eigenvalue weighted by molar-refractivity contribution is 7.98. The Morgan fingerprint density at radius 2 is 1.95 bits per heavy atom. The molecule has 3 aromatic rings. The Kier molecular flexibility index (Phi) is 4.08. The van der Waals surface area contributed by atoms with Gasteiger partial charge in [0.15, 0.2) is 0 Å². The molecule has 1 aromatic carbocycles. The number of rotatable bonds is 5. The first-order valence-corrected chi connectivity index (χ1v) is 7.24. The van der Waals surface area contributed by atoms with Crippen LogP contribution in [0.3, 0.4) is 0 Å². The molecule has 3 N–H and O–H groups in total. The van der Waals surface area contributed by atoms with Crippen molar-refractivity contribution in [3.8, 4) is 5.69 Å². The maximum absolute atomic E-state index is 5.35. The van der Waals surface area contributed by atoms with Gasteiger partial charge in [-0.05, 0) is 34.7 Å². The molecule has 2 aromatic heterocycles. The van der Waals surface area contributed by atoms with Crippen LogP contribution in [0, 0.1) is 0 Å². The molecule has 0 unspecified atom stereocenters. The lowest BCUT2D eigenvalue weighted by molar-refractivity contribution is 0.756. The second kappa shape index (κ2) is 6.33. The molecule has 8 heteroatoms. The fourth-order valence-corrected chi connectivity index (χ4v) is 2.58. The summed E-state index contributed by atoms with van der Waals surface area (Å²) in [5.74, 6) is 6.64. The lowest BCUT2D eigenvalue weighted by atomic mass is 10.3. The van der Waals surface area contributed by atoms with Gasteiger partial charge in [0, 0.05) is 5.75 Å². The molecule has 0 bridgehead atoms. The van der Waals surface area contributed by atoms with Gasteiger partial charge < -0.3 is 5.43 Å². The maximum Gasteiger partial charge on any atom is 0.214 e. The highest BCUT2D eigenvalue weighted by Crippen LogP contribution is 2.21. The monoisotopic (exact) mass is 299 g/mol. The Morgan fingerprint density at radius 3 is 2.76 bits per heavy atom. The topological polar surface area (TPSA) is 94.5 Å². The van der Waals surface area contributed by atoms with Crippen molar-refractivity contribution < 1.29 is 0 Å². The highest BCUT2D eigenvalue weighted by Gasteiger charge is 2.09. The van der Waals surface area contributed by atoms with E-state index in [9.17, 15) is 0 Å². The van der Waals surface area contributed by atoms with E-state index in [2.05, 4.69) is 25.9 Å². The average Bonchev–Trinajstić information content (AvgIpc) is 3.02. The normalized spacial score (nSPS) is 10.5. The number of thioether (sulfide) groups is 1. The number of nitrogen functional groups attached to an aromatic ring is 1. The van der Waals surface area contributed by atoms with E-state index in [0.717, 1.165) is 11.4 Å². The predicted molar refractivity (Wildman–Crippen MR) is 80.8 cm³/mol. The molecule has 0 radical (unpaired) electrons. The molecule has 0 saturated heterocycles. The van der Waals surface area contributed by atoms with Gasteiger partial charge in [-0.2, -0.15) is 4.68 Å². The molecule has 0 atom stereocenters. The number of tetrazole rings is 1. The largest absolute Gasteiger partial charge is 0.308 e. The molecule has 7 nitrogen and oxygen atoms in total. The van der Waals surface area contributed by atoms with Crippen molar-refractivity contribution in [3.63, 3.8) is 0 Å². The molecule has 0 aliphatic carbocycles. The van der Waals surface area contributed by atoms with Crippen LogP contribution in [-0.4, -0.2) is 25.2 Å². The van der Waals surface area contributed by atoms with Crippen molar-refractivity contribution in [2.45, 2.75) is 10.9 Å². The van der Waals surface area contributed by atoms with Gasteiger partial charge in [-0.3, -0.25) is 0 Å². The minimum atomic E-state index is 0.635. The first kappa shape index (κ1) is 13.5. The van der Waals surface area contributed by atoms with Crippen molar-refractivity contribution in [3.05, 3.63) is 54.2 Å². The number of nitrogens with one attached hydrogen (secondary N) is 1. The van der Waals surface area contributed by atoms with Gasteiger partial charge >= 0.3 is 0 Å². The van der Waals surface area contributed by atoms with Crippen LogP contribution in [0.2, 0.25) is 0 Å².